The van der Waals surface area contributed by atoms with Gasteiger partial charge in [-0.05, 0) is 36.8 Å². The van der Waals surface area contributed by atoms with Gasteiger partial charge in [0.1, 0.15) is 17.7 Å². The zero-order chi connectivity index (χ0) is 21.3. The largest absolute Gasteiger partial charge is 0.393 e. The molecule has 0 saturated carbocycles. The summed E-state index contributed by atoms with van der Waals surface area (Å²) < 4.78 is 14.0. The van der Waals surface area contributed by atoms with Crippen LogP contribution in [0.25, 0.3) is 10.2 Å². The maximum atomic E-state index is 13.3. The van der Waals surface area contributed by atoms with Crippen molar-refractivity contribution in [3.63, 3.8) is 0 Å². The quantitative estimate of drug-likeness (QED) is 0.587. The average Bonchev–Trinajstić information content (AvgIpc) is 3.14. The molecule has 2 aromatic heterocycles. The standard InChI is InChI=1S/C20H22FN5O3S/c1-12-8-13(16(28)11-27)10-22-18(12)25-4-6-26(7-5-25)20(29)24-19-23-15-3-2-14(21)9-17(15)30-19/h2-3,8-10,16,27-28H,4-7,11H2,1H3,(H,23,24,29)/t16-/m1/s1. The molecule has 3 aromatic rings. The molecule has 1 atom stereocenters. The van der Waals surface area contributed by atoms with Crippen molar-refractivity contribution in [1.82, 2.24) is 14.9 Å². The van der Waals surface area contributed by atoms with Gasteiger partial charge in [-0.3, -0.25) is 5.32 Å². The van der Waals surface area contributed by atoms with E-state index in [1.54, 1.807) is 17.2 Å². The molecule has 0 bridgehead atoms. The van der Waals surface area contributed by atoms with Gasteiger partial charge in [-0.2, -0.15) is 0 Å². The van der Waals surface area contributed by atoms with Crippen LogP contribution in [-0.4, -0.2) is 63.9 Å². The number of aryl methyl sites for hydroxylation is 1. The molecule has 3 heterocycles. The first-order chi connectivity index (χ1) is 14.4. The fourth-order valence-corrected chi connectivity index (χ4v) is 4.33. The molecule has 2 amide bonds. The van der Waals surface area contributed by atoms with Gasteiger partial charge in [0.05, 0.1) is 16.8 Å². The second-order valence-electron chi connectivity index (χ2n) is 7.14. The molecule has 0 unspecified atom stereocenters. The summed E-state index contributed by atoms with van der Waals surface area (Å²) in [7, 11) is 0. The number of amides is 2. The number of aliphatic hydroxyl groups is 2. The number of hydrogen-bond donors (Lipinski definition) is 3. The zero-order valence-corrected chi connectivity index (χ0v) is 17.2. The van der Waals surface area contributed by atoms with E-state index in [0.717, 1.165) is 11.4 Å². The van der Waals surface area contributed by atoms with E-state index >= 15 is 0 Å². The third kappa shape index (κ3) is 4.20. The summed E-state index contributed by atoms with van der Waals surface area (Å²) >= 11 is 1.24. The first-order valence-corrected chi connectivity index (χ1v) is 10.4. The van der Waals surface area contributed by atoms with Crippen molar-refractivity contribution in [2.24, 2.45) is 0 Å². The van der Waals surface area contributed by atoms with Crippen LogP contribution in [0.5, 0.6) is 0 Å². The van der Waals surface area contributed by atoms with Crippen LogP contribution in [0.3, 0.4) is 0 Å². The number of rotatable bonds is 4. The number of fused-ring (bicyclic) bond motifs is 1. The molecule has 1 aliphatic heterocycles. The van der Waals surface area contributed by atoms with E-state index in [9.17, 15) is 14.3 Å². The number of nitrogens with zero attached hydrogens (tertiary/aromatic N) is 4. The SMILES string of the molecule is Cc1cc([C@H](O)CO)cnc1N1CCN(C(=O)Nc2nc3ccc(F)cc3s2)CC1. The molecule has 0 spiro atoms. The van der Waals surface area contributed by atoms with E-state index in [-0.39, 0.29) is 18.5 Å². The third-order valence-electron chi connectivity index (χ3n) is 5.06. The van der Waals surface area contributed by atoms with Crippen LogP contribution < -0.4 is 10.2 Å². The Bertz CT molecular complexity index is 1070. The Morgan fingerprint density at radius 2 is 2.07 bits per heavy atom. The molecule has 1 aromatic carbocycles. The van der Waals surface area contributed by atoms with E-state index in [4.69, 9.17) is 5.11 Å². The predicted molar refractivity (Wildman–Crippen MR) is 113 cm³/mol. The second kappa shape index (κ2) is 8.50. The molecule has 1 aliphatic rings. The van der Waals surface area contributed by atoms with E-state index < -0.39 is 6.10 Å². The first kappa shape index (κ1) is 20.5. The molecule has 8 nitrogen and oxygen atoms in total. The Morgan fingerprint density at radius 1 is 1.30 bits per heavy atom. The van der Waals surface area contributed by atoms with Gasteiger partial charge in [0.25, 0.3) is 0 Å². The Morgan fingerprint density at radius 3 is 2.77 bits per heavy atom. The van der Waals surface area contributed by atoms with Gasteiger partial charge in [-0.25, -0.2) is 19.2 Å². The van der Waals surface area contributed by atoms with Gasteiger partial charge < -0.3 is 20.0 Å². The van der Waals surface area contributed by atoms with E-state index in [1.165, 1.54) is 23.5 Å². The number of hydrogen-bond acceptors (Lipinski definition) is 7. The lowest BCUT2D eigenvalue weighted by Gasteiger charge is -2.35. The van der Waals surface area contributed by atoms with Crippen LogP contribution in [0, 0.1) is 12.7 Å². The Labute approximate surface area is 176 Å². The fourth-order valence-electron chi connectivity index (χ4n) is 3.45. The van der Waals surface area contributed by atoms with Gasteiger partial charge in [0.15, 0.2) is 5.13 Å². The minimum atomic E-state index is -0.940. The number of halogens is 1. The number of carbonyl (C=O) groups is 1. The lowest BCUT2D eigenvalue weighted by Crippen LogP contribution is -2.50. The van der Waals surface area contributed by atoms with Gasteiger partial charge >= 0.3 is 6.03 Å². The summed E-state index contributed by atoms with van der Waals surface area (Å²) in [6.07, 6.45) is 0.628. The van der Waals surface area contributed by atoms with E-state index in [1.807, 2.05) is 13.0 Å². The summed E-state index contributed by atoms with van der Waals surface area (Å²) in [4.78, 5) is 25.2. The van der Waals surface area contributed by atoms with Crippen LogP contribution in [0.15, 0.2) is 30.5 Å². The molecule has 30 heavy (non-hydrogen) atoms. The van der Waals surface area contributed by atoms with Crippen molar-refractivity contribution in [3.8, 4) is 0 Å². The van der Waals surface area contributed by atoms with Gasteiger partial charge in [-0.1, -0.05) is 11.3 Å². The number of carbonyl (C=O) groups excluding carboxylic acids is 1. The number of nitrogens with one attached hydrogen (secondary N) is 1. The Balaban J connectivity index is 1.37. The molecular formula is C20H22FN5O3S. The lowest BCUT2D eigenvalue weighted by molar-refractivity contribution is 0.0953. The number of benzene rings is 1. The summed E-state index contributed by atoms with van der Waals surface area (Å²) in [5.41, 5.74) is 2.13. The molecular weight excluding hydrogens is 409 g/mol. The first-order valence-electron chi connectivity index (χ1n) is 9.57. The second-order valence-corrected chi connectivity index (χ2v) is 8.17. The van der Waals surface area contributed by atoms with E-state index in [0.29, 0.717) is 47.1 Å². The van der Waals surface area contributed by atoms with Crippen molar-refractivity contribution in [1.29, 1.82) is 0 Å². The summed E-state index contributed by atoms with van der Waals surface area (Å²) in [6, 6.07) is 5.93. The highest BCUT2D eigenvalue weighted by molar-refractivity contribution is 7.22. The van der Waals surface area contributed by atoms with Crippen molar-refractivity contribution in [3.05, 3.63) is 47.4 Å². The number of aromatic nitrogens is 2. The number of aliphatic hydroxyl groups excluding tert-OH is 2. The highest BCUT2D eigenvalue weighted by Gasteiger charge is 2.24. The molecule has 1 fully saturated rings. The number of urea groups is 1. The topological polar surface area (TPSA) is 102 Å². The average molecular weight is 431 g/mol. The molecule has 158 valence electrons. The number of pyridine rings is 1. The van der Waals surface area contributed by atoms with Crippen LogP contribution in [0.1, 0.15) is 17.2 Å². The smallest absolute Gasteiger partial charge is 0.323 e. The highest BCUT2D eigenvalue weighted by atomic mass is 32.1. The number of piperazine rings is 1. The summed E-state index contributed by atoms with van der Waals surface area (Å²) in [5.74, 6) is 0.472. The van der Waals surface area contributed by atoms with Crippen molar-refractivity contribution >= 4 is 38.5 Å². The predicted octanol–water partition coefficient (Wildman–Crippen LogP) is 2.52. The molecule has 0 radical (unpaired) electrons. The molecule has 3 N–H and O–H groups in total. The van der Waals surface area contributed by atoms with Crippen molar-refractivity contribution in [2.75, 3.05) is 43.0 Å². The molecule has 10 heteroatoms. The maximum Gasteiger partial charge on any atom is 0.323 e. The van der Waals surface area contributed by atoms with Crippen LogP contribution in [0.4, 0.5) is 20.1 Å². The van der Waals surface area contributed by atoms with Crippen LogP contribution in [-0.2, 0) is 0 Å². The minimum absolute atomic E-state index is 0.236. The third-order valence-corrected chi connectivity index (χ3v) is 5.99. The Kier molecular flexibility index (Phi) is 5.80. The van der Waals surface area contributed by atoms with Gasteiger partial charge in [0, 0.05) is 37.9 Å². The Hall–Kier alpha value is -2.82. The molecule has 4 rings (SSSR count). The zero-order valence-electron chi connectivity index (χ0n) is 16.4. The van der Waals surface area contributed by atoms with Crippen molar-refractivity contribution in [2.45, 2.75) is 13.0 Å². The molecule has 1 saturated heterocycles. The fraction of sp³-hybridized carbons (Fsp3) is 0.350. The van der Waals surface area contributed by atoms with E-state index in [2.05, 4.69) is 20.2 Å². The summed E-state index contributed by atoms with van der Waals surface area (Å²) in [6.45, 7) is 3.84. The monoisotopic (exact) mass is 431 g/mol. The summed E-state index contributed by atoms with van der Waals surface area (Å²) in [5, 5.41) is 22.1. The van der Waals surface area contributed by atoms with Gasteiger partial charge in [0.2, 0.25) is 0 Å². The minimum Gasteiger partial charge on any atom is -0.393 e. The lowest BCUT2D eigenvalue weighted by atomic mass is 10.1. The molecule has 0 aliphatic carbocycles. The van der Waals surface area contributed by atoms with Gasteiger partial charge in [-0.15, -0.1) is 0 Å². The normalized spacial score (nSPS) is 15.5. The van der Waals surface area contributed by atoms with Crippen LogP contribution >= 0.6 is 11.3 Å². The number of thiazole rings is 1. The number of anilines is 2. The maximum absolute atomic E-state index is 13.3. The van der Waals surface area contributed by atoms with Crippen LogP contribution in [0.2, 0.25) is 0 Å². The highest BCUT2D eigenvalue weighted by Crippen LogP contribution is 2.27. The van der Waals surface area contributed by atoms with Crippen molar-refractivity contribution < 1.29 is 19.4 Å².